The van der Waals surface area contributed by atoms with Gasteiger partial charge in [0, 0.05) is 12.1 Å². The van der Waals surface area contributed by atoms with Gasteiger partial charge >= 0.3 is 0 Å². The minimum absolute atomic E-state index is 0.160. The molecule has 1 aromatic heterocycles. The topological polar surface area (TPSA) is 20.7 Å². The third-order valence-electron chi connectivity index (χ3n) is 4.20. The summed E-state index contributed by atoms with van der Waals surface area (Å²) in [5.74, 6) is -0.160. The Morgan fingerprint density at radius 2 is 1.80 bits per heavy atom. The van der Waals surface area contributed by atoms with Crippen molar-refractivity contribution in [1.29, 1.82) is 0 Å². The lowest BCUT2D eigenvalue weighted by Crippen LogP contribution is -2.11. The van der Waals surface area contributed by atoms with Crippen LogP contribution in [0.15, 0.2) is 12.1 Å². The lowest BCUT2D eigenvalue weighted by molar-refractivity contribution is 0.375. The van der Waals surface area contributed by atoms with Gasteiger partial charge in [0.2, 0.25) is 0 Å². The number of imidazole rings is 1. The quantitative estimate of drug-likeness (QED) is 0.476. The van der Waals surface area contributed by atoms with Crippen LogP contribution in [0.4, 0.5) is 4.39 Å². The number of benzene rings is 1. The second-order valence-electron chi connectivity index (χ2n) is 5.58. The van der Waals surface area contributed by atoms with Gasteiger partial charge in [0.15, 0.2) is 4.77 Å². The molecule has 2 aromatic rings. The minimum Gasteiger partial charge on any atom is -0.331 e. The average Bonchev–Trinajstić information content (AvgIpc) is 2.66. The predicted octanol–water partition coefficient (Wildman–Crippen LogP) is 5.73. The van der Waals surface area contributed by atoms with Gasteiger partial charge in [-0.25, -0.2) is 4.39 Å². The number of H-pyrrole nitrogens is 1. The third-order valence-corrected chi connectivity index (χ3v) is 5.32. The standard InChI is InChI=1S/C15H18FIN2S/c16-11-8-14-13(9-12(11)17)18-15(20)19(14)10-6-4-2-1-3-5-7-10/h8-10H,1-7H2,(H,18,20). The van der Waals surface area contributed by atoms with Gasteiger partial charge in [-0.2, -0.15) is 0 Å². The Hall–Kier alpha value is -0.430. The summed E-state index contributed by atoms with van der Waals surface area (Å²) < 4.78 is 17.4. The summed E-state index contributed by atoms with van der Waals surface area (Å²) in [6.45, 7) is 0. The van der Waals surface area contributed by atoms with Crippen molar-refractivity contribution < 1.29 is 4.39 Å². The van der Waals surface area contributed by atoms with Gasteiger partial charge in [-0.3, -0.25) is 0 Å². The number of rotatable bonds is 1. The second kappa shape index (κ2) is 6.13. The molecule has 0 aliphatic heterocycles. The van der Waals surface area contributed by atoms with Crippen LogP contribution in [0.1, 0.15) is 51.0 Å². The molecule has 1 saturated carbocycles. The molecule has 5 heteroatoms. The monoisotopic (exact) mass is 404 g/mol. The fraction of sp³-hybridized carbons (Fsp3) is 0.533. The highest BCUT2D eigenvalue weighted by atomic mass is 127. The number of nitrogens with zero attached hydrogens (tertiary/aromatic N) is 1. The average molecular weight is 404 g/mol. The Labute approximate surface area is 136 Å². The Bertz CT molecular complexity index is 668. The van der Waals surface area contributed by atoms with E-state index < -0.39 is 0 Å². The molecule has 1 aromatic carbocycles. The number of aromatic nitrogens is 2. The molecule has 0 saturated heterocycles. The number of hydrogen-bond donors (Lipinski definition) is 1. The van der Waals surface area contributed by atoms with Crippen molar-refractivity contribution in [2.75, 3.05) is 0 Å². The zero-order valence-electron chi connectivity index (χ0n) is 11.3. The summed E-state index contributed by atoms with van der Waals surface area (Å²) in [5.41, 5.74) is 1.86. The fourth-order valence-corrected chi connectivity index (χ4v) is 4.00. The maximum absolute atomic E-state index is 13.9. The zero-order chi connectivity index (χ0) is 14.1. The summed E-state index contributed by atoms with van der Waals surface area (Å²) >= 11 is 7.50. The summed E-state index contributed by atoms with van der Waals surface area (Å²) in [4.78, 5) is 3.23. The molecule has 1 aliphatic carbocycles. The number of fused-ring (bicyclic) bond motifs is 1. The smallest absolute Gasteiger partial charge is 0.178 e. The molecule has 0 spiro atoms. The molecule has 108 valence electrons. The van der Waals surface area contributed by atoms with E-state index in [1.807, 2.05) is 28.7 Å². The molecule has 1 aliphatic rings. The lowest BCUT2D eigenvalue weighted by Gasteiger charge is -2.22. The molecule has 0 bridgehead atoms. The number of aromatic amines is 1. The zero-order valence-corrected chi connectivity index (χ0v) is 14.3. The van der Waals surface area contributed by atoms with Crippen molar-refractivity contribution in [2.24, 2.45) is 0 Å². The van der Waals surface area contributed by atoms with Gasteiger partial charge in [-0.15, -0.1) is 0 Å². The van der Waals surface area contributed by atoms with Crippen molar-refractivity contribution >= 4 is 45.8 Å². The first-order valence-corrected chi connectivity index (χ1v) is 8.75. The van der Waals surface area contributed by atoms with Gasteiger partial charge in [-0.1, -0.05) is 32.1 Å². The summed E-state index contributed by atoms with van der Waals surface area (Å²) in [7, 11) is 0. The minimum atomic E-state index is -0.160. The molecule has 0 radical (unpaired) electrons. The van der Waals surface area contributed by atoms with Crippen LogP contribution in [-0.2, 0) is 0 Å². The highest BCUT2D eigenvalue weighted by molar-refractivity contribution is 14.1. The predicted molar refractivity (Wildman–Crippen MR) is 91.2 cm³/mol. The van der Waals surface area contributed by atoms with E-state index >= 15 is 0 Å². The van der Waals surface area contributed by atoms with Crippen LogP contribution in [0.3, 0.4) is 0 Å². The first-order chi connectivity index (χ1) is 9.66. The van der Waals surface area contributed by atoms with E-state index in [4.69, 9.17) is 12.2 Å². The van der Waals surface area contributed by atoms with Crippen LogP contribution in [-0.4, -0.2) is 9.55 Å². The van der Waals surface area contributed by atoms with E-state index in [-0.39, 0.29) is 5.82 Å². The van der Waals surface area contributed by atoms with Crippen molar-refractivity contribution in [2.45, 2.75) is 51.0 Å². The first kappa shape index (κ1) is 14.5. The Morgan fingerprint density at radius 3 is 2.50 bits per heavy atom. The molecule has 0 atom stereocenters. The van der Waals surface area contributed by atoms with Crippen molar-refractivity contribution in [3.05, 3.63) is 26.3 Å². The van der Waals surface area contributed by atoms with Gasteiger partial charge in [0.05, 0.1) is 14.6 Å². The molecule has 2 nitrogen and oxygen atoms in total. The maximum atomic E-state index is 13.9. The molecule has 0 amide bonds. The van der Waals surface area contributed by atoms with Crippen molar-refractivity contribution in [3.8, 4) is 0 Å². The van der Waals surface area contributed by atoms with E-state index in [2.05, 4.69) is 9.55 Å². The highest BCUT2D eigenvalue weighted by Crippen LogP contribution is 2.31. The number of hydrogen-bond acceptors (Lipinski definition) is 1. The molecule has 1 fully saturated rings. The first-order valence-electron chi connectivity index (χ1n) is 7.26. The Morgan fingerprint density at radius 1 is 1.15 bits per heavy atom. The molecular weight excluding hydrogens is 386 g/mol. The van der Waals surface area contributed by atoms with Crippen LogP contribution in [0, 0.1) is 14.2 Å². The van der Waals surface area contributed by atoms with Crippen LogP contribution in [0.5, 0.6) is 0 Å². The Balaban J connectivity index is 2.07. The maximum Gasteiger partial charge on any atom is 0.178 e. The van der Waals surface area contributed by atoms with Crippen molar-refractivity contribution in [1.82, 2.24) is 9.55 Å². The molecule has 0 unspecified atom stereocenters. The van der Waals surface area contributed by atoms with Gasteiger partial charge in [0.25, 0.3) is 0 Å². The van der Waals surface area contributed by atoms with Crippen LogP contribution < -0.4 is 0 Å². The molecule has 1 N–H and O–H groups in total. The van der Waals surface area contributed by atoms with Crippen LogP contribution >= 0.6 is 34.8 Å². The van der Waals surface area contributed by atoms with Gasteiger partial charge in [0.1, 0.15) is 5.82 Å². The van der Waals surface area contributed by atoms with E-state index in [0.29, 0.717) is 9.61 Å². The van der Waals surface area contributed by atoms with Crippen LogP contribution in [0.25, 0.3) is 11.0 Å². The molecule has 1 heterocycles. The normalized spacial score (nSPS) is 18.1. The Kier molecular flexibility index (Phi) is 4.45. The number of nitrogens with one attached hydrogen (secondary N) is 1. The molecule has 20 heavy (non-hydrogen) atoms. The summed E-state index contributed by atoms with van der Waals surface area (Å²) in [6.07, 6.45) is 8.73. The summed E-state index contributed by atoms with van der Waals surface area (Å²) in [5, 5.41) is 0. The number of halogens is 2. The van der Waals surface area contributed by atoms with E-state index in [1.165, 1.54) is 32.1 Å². The molecule has 3 rings (SSSR count). The van der Waals surface area contributed by atoms with Gasteiger partial charge in [-0.05, 0) is 53.7 Å². The van der Waals surface area contributed by atoms with Crippen molar-refractivity contribution in [3.63, 3.8) is 0 Å². The second-order valence-corrected chi connectivity index (χ2v) is 7.13. The summed E-state index contributed by atoms with van der Waals surface area (Å²) in [6, 6.07) is 3.89. The lowest BCUT2D eigenvalue weighted by atomic mass is 9.96. The van der Waals surface area contributed by atoms with E-state index in [1.54, 1.807) is 6.07 Å². The van der Waals surface area contributed by atoms with E-state index in [0.717, 1.165) is 28.6 Å². The van der Waals surface area contributed by atoms with Gasteiger partial charge < -0.3 is 9.55 Å². The largest absolute Gasteiger partial charge is 0.331 e. The highest BCUT2D eigenvalue weighted by Gasteiger charge is 2.18. The fourth-order valence-electron chi connectivity index (χ4n) is 3.18. The molecular formula is C15H18FIN2S. The SMILES string of the molecule is Fc1cc2c(cc1I)[nH]c(=S)n2C1CCCCCCC1. The van der Waals surface area contributed by atoms with E-state index in [9.17, 15) is 4.39 Å². The van der Waals surface area contributed by atoms with Crippen LogP contribution in [0.2, 0.25) is 0 Å². The third kappa shape index (κ3) is 2.79.